The molecule has 0 atom stereocenters. The Bertz CT molecular complexity index is 539. The number of carbonyl (C=O) groups is 1. The van der Waals surface area contributed by atoms with Crippen molar-refractivity contribution in [3.8, 4) is 0 Å². The molecule has 0 aliphatic carbocycles. The zero-order valence-electron chi connectivity index (χ0n) is 10.1. The zero-order valence-corrected chi connectivity index (χ0v) is 10.9. The van der Waals surface area contributed by atoms with Gasteiger partial charge >= 0.3 is 0 Å². The van der Waals surface area contributed by atoms with Gasteiger partial charge in [-0.25, -0.2) is 0 Å². The molecule has 18 heavy (non-hydrogen) atoms. The first-order valence-corrected chi connectivity index (χ1v) is 6.24. The molecule has 0 aromatic heterocycles. The maximum Gasteiger partial charge on any atom is 0.258 e. The first kappa shape index (κ1) is 12.7. The van der Waals surface area contributed by atoms with Crippen molar-refractivity contribution in [1.82, 2.24) is 0 Å². The van der Waals surface area contributed by atoms with Crippen molar-refractivity contribution in [3.05, 3.63) is 65.7 Å². The lowest BCUT2D eigenvalue weighted by atomic mass is 10.1. The van der Waals surface area contributed by atoms with Gasteiger partial charge in [-0.05, 0) is 29.8 Å². The van der Waals surface area contributed by atoms with Crippen LogP contribution in [0.5, 0.6) is 0 Å². The van der Waals surface area contributed by atoms with Crippen molar-refractivity contribution in [3.63, 3.8) is 0 Å². The van der Waals surface area contributed by atoms with E-state index in [1.807, 2.05) is 48.5 Å². The molecule has 2 nitrogen and oxygen atoms in total. The monoisotopic (exact) mass is 259 g/mol. The molecule has 2 aromatic rings. The van der Waals surface area contributed by atoms with Gasteiger partial charge < -0.3 is 4.90 Å². The van der Waals surface area contributed by atoms with Gasteiger partial charge in [-0.3, -0.25) is 4.79 Å². The van der Waals surface area contributed by atoms with Gasteiger partial charge in [-0.15, -0.1) is 11.6 Å². The van der Waals surface area contributed by atoms with Gasteiger partial charge in [0.15, 0.2) is 0 Å². The first-order valence-electron chi connectivity index (χ1n) is 5.70. The molecule has 92 valence electrons. The van der Waals surface area contributed by atoms with Crippen molar-refractivity contribution in [2.45, 2.75) is 5.88 Å². The molecule has 0 unspecified atom stereocenters. The second-order valence-electron chi connectivity index (χ2n) is 4.03. The van der Waals surface area contributed by atoms with Crippen LogP contribution in [0.25, 0.3) is 0 Å². The number of anilines is 1. The summed E-state index contributed by atoms with van der Waals surface area (Å²) in [5.74, 6) is 0.379. The highest BCUT2D eigenvalue weighted by molar-refractivity contribution is 6.17. The summed E-state index contributed by atoms with van der Waals surface area (Å²) in [6.45, 7) is 0. The molecule has 0 spiro atoms. The van der Waals surface area contributed by atoms with E-state index in [9.17, 15) is 4.79 Å². The van der Waals surface area contributed by atoms with Crippen LogP contribution in [0.4, 0.5) is 5.69 Å². The molecule has 0 aliphatic rings. The number of amides is 1. The molecular weight excluding hydrogens is 246 g/mol. The molecule has 0 aliphatic heterocycles. The lowest BCUT2D eigenvalue weighted by Crippen LogP contribution is -2.26. The van der Waals surface area contributed by atoms with Gasteiger partial charge in [0.2, 0.25) is 0 Å². The topological polar surface area (TPSA) is 20.3 Å². The van der Waals surface area contributed by atoms with Crippen LogP contribution in [0.15, 0.2) is 54.6 Å². The average Bonchev–Trinajstić information content (AvgIpc) is 2.46. The summed E-state index contributed by atoms with van der Waals surface area (Å²) < 4.78 is 0. The van der Waals surface area contributed by atoms with Crippen molar-refractivity contribution < 1.29 is 4.79 Å². The van der Waals surface area contributed by atoms with Gasteiger partial charge in [-0.1, -0.05) is 30.3 Å². The van der Waals surface area contributed by atoms with Crippen molar-refractivity contribution in [2.24, 2.45) is 0 Å². The minimum absolute atomic E-state index is 0.0341. The third-order valence-electron chi connectivity index (χ3n) is 2.78. The summed E-state index contributed by atoms with van der Waals surface area (Å²) in [4.78, 5) is 13.9. The maximum atomic E-state index is 12.3. The Morgan fingerprint density at radius 2 is 1.83 bits per heavy atom. The van der Waals surface area contributed by atoms with E-state index in [2.05, 4.69) is 0 Å². The van der Waals surface area contributed by atoms with E-state index >= 15 is 0 Å². The van der Waals surface area contributed by atoms with Crippen LogP contribution in [0.3, 0.4) is 0 Å². The maximum absolute atomic E-state index is 12.3. The Balaban J connectivity index is 2.25. The molecule has 0 saturated heterocycles. The van der Waals surface area contributed by atoms with Crippen LogP contribution >= 0.6 is 11.6 Å². The number of nitrogens with zero attached hydrogens (tertiary/aromatic N) is 1. The van der Waals surface area contributed by atoms with Crippen LogP contribution in [0.1, 0.15) is 15.9 Å². The molecule has 0 saturated carbocycles. The number of hydrogen-bond acceptors (Lipinski definition) is 1. The Morgan fingerprint density at radius 1 is 1.11 bits per heavy atom. The molecule has 1 amide bonds. The normalized spacial score (nSPS) is 10.1. The summed E-state index contributed by atoms with van der Waals surface area (Å²) in [5.41, 5.74) is 2.47. The highest BCUT2D eigenvalue weighted by atomic mass is 35.5. The predicted molar refractivity (Wildman–Crippen MR) is 75.2 cm³/mol. The molecule has 2 aromatic carbocycles. The fourth-order valence-electron chi connectivity index (χ4n) is 1.75. The van der Waals surface area contributed by atoms with Gasteiger partial charge in [0.05, 0.1) is 0 Å². The Hall–Kier alpha value is -1.80. The predicted octanol–water partition coefficient (Wildman–Crippen LogP) is 3.70. The second-order valence-corrected chi connectivity index (χ2v) is 4.30. The molecular formula is C15H14ClNO. The molecule has 3 heteroatoms. The van der Waals surface area contributed by atoms with Crippen LogP contribution in [0, 0.1) is 0 Å². The van der Waals surface area contributed by atoms with Crippen molar-refractivity contribution in [2.75, 3.05) is 11.9 Å². The highest BCUT2D eigenvalue weighted by Crippen LogP contribution is 2.16. The largest absolute Gasteiger partial charge is 0.311 e. The van der Waals surface area contributed by atoms with Gasteiger partial charge in [0.25, 0.3) is 5.91 Å². The van der Waals surface area contributed by atoms with E-state index in [4.69, 9.17) is 11.6 Å². The molecule has 0 N–H and O–H groups in total. The van der Waals surface area contributed by atoms with E-state index in [-0.39, 0.29) is 5.91 Å². The molecule has 2 rings (SSSR count). The fourth-order valence-corrected chi connectivity index (χ4v) is 1.92. The van der Waals surface area contributed by atoms with E-state index in [0.717, 1.165) is 11.3 Å². The Labute approximate surface area is 112 Å². The zero-order chi connectivity index (χ0) is 13.0. The summed E-state index contributed by atoms with van der Waals surface area (Å²) in [7, 11) is 1.77. The van der Waals surface area contributed by atoms with Crippen molar-refractivity contribution in [1.29, 1.82) is 0 Å². The van der Waals surface area contributed by atoms with Gasteiger partial charge in [0.1, 0.15) is 0 Å². The van der Waals surface area contributed by atoms with Crippen molar-refractivity contribution >= 4 is 23.2 Å². The SMILES string of the molecule is CN(C(=O)c1cccc(CCl)c1)c1ccccc1. The second kappa shape index (κ2) is 5.69. The number of para-hydroxylation sites is 1. The number of benzene rings is 2. The molecule has 0 radical (unpaired) electrons. The lowest BCUT2D eigenvalue weighted by molar-refractivity contribution is 0.0993. The third-order valence-corrected chi connectivity index (χ3v) is 3.08. The van der Waals surface area contributed by atoms with Crippen LogP contribution in [-0.2, 0) is 5.88 Å². The van der Waals surface area contributed by atoms with Gasteiger partial charge in [0, 0.05) is 24.2 Å². The molecule has 0 heterocycles. The van der Waals surface area contributed by atoms with Gasteiger partial charge in [-0.2, -0.15) is 0 Å². The Kier molecular flexibility index (Phi) is 4.00. The highest BCUT2D eigenvalue weighted by Gasteiger charge is 2.13. The first-order chi connectivity index (χ1) is 8.72. The molecule has 0 fully saturated rings. The minimum Gasteiger partial charge on any atom is -0.311 e. The number of alkyl halides is 1. The van der Waals surface area contributed by atoms with E-state index in [0.29, 0.717) is 11.4 Å². The third kappa shape index (κ3) is 2.71. The summed E-state index contributed by atoms with van der Waals surface area (Å²) in [6.07, 6.45) is 0. The lowest BCUT2D eigenvalue weighted by Gasteiger charge is -2.17. The van der Waals surface area contributed by atoms with E-state index < -0.39 is 0 Å². The van der Waals surface area contributed by atoms with Crippen LogP contribution in [0.2, 0.25) is 0 Å². The number of carbonyl (C=O) groups excluding carboxylic acids is 1. The summed E-state index contributed by atoms with van der Waals surface area (Å²) >= 11 is 5.78. The quantitative estimate of drug-likeness (QED) is 0.770. The smallest absolute Gasteiger partial charge is 0.258 e. The number of halogens is 1. The minimum atomic E-state index is -0.0341. The van der Waals surface area contributed by atoms with Crippen LogP contribution < -0.4 is 4.90 Å². The van der Waals surface area contributed by atoms with E-state index in [1.54, 1.807) is 18.0 Å². The molecule has 0 bridgehead atoms. The summed E-state index contributed by atoms with van der Waals surface area (Å²) in [6, 6.07) is 17.0. The standard InChI is InChI=1S/C15H14ClNO/c1-17(14-8-3-2-4-9-14)15(18)13-7-5-6-12(10-13)11-16/h2-10H,11H2,1H3. The fraction of sp³-hybridized carbons (Fsp3) is 0.133. The number of hydrogen-bond donors (Lipinski definition) is 0. The Morgan fingerprint density at radius 3 is 2.50 bits per heavy atom. The van der Waals surface area contributed by atoms with E-state index in [1.165, 1.54) is 0 Å². The van der Waals surface area contributed by atoms with Crippen LogP contribution in [-0.4, -0.2) is 13.0 Å². The average molecular weight is 260 g/mol. The number of rotatable bonds is 3. The summed E-state index contributed by atoms with van der Waals surface area (Å²) in [5, 5.41) is 0.